The van der Waals surface area contributed by atoms with Crippen molar-refractivity contribution in [3.63, 3.8) is 0 Å². The van der Waals surface area contributed by atoms with Crippen LogP contribution in [-0.4, -0.2) is 29.9 Å². The van der Waals surface area contributed by atoms with Crippen molar-refractivity contribution in [1.82, 2.24) is 4.90 Å². The van der Waals surface area contributed by atoms with Gasteiger partial charge in [0.1, 0.15) is 5.82 Å². The Balaban J connectivity index is 1.69. The maximum atomic E-state index is 13.3. The highest BCUT2D eigenvalue weighted by atomic mass is 19.1. The van der Waals surface area contributed by atoms with Gasteiger partial charge in [0.2, 0.25) is 0 Å². The van der Waals surface area contributed by atoms with Gasteiger partial charge in [-0.3, -0.25) is 9.59 Å². The third kappa shape index (κ3) is 4.24. The number of carbonyl (C=O) groups is 2. The van der Waals surface area contributed by atoms with E-state index in [0.717, 1.165) is 24.0 Å². The Kier molecular flexibility index (Phi) is 6.12. The smallest absolute Gasteiger partial charge is 0.317 e. The van der Waals surface area contributed by atoms with Crippen LogP contribution in [0.5, 0.6) is 0 Å². The lowest BCUT2D eigenvalue weighted by Gasteiger charge is -2.30. The van der Waals surface area contributed by atoms with Crippen LogP contribution in [0.4, 0.5) is 4.39 Å². The molecule has 0 aliphatic heterocycles. The van der Waals surface area contributed by atoms with E-state index in [4.69, 9.17) is 4.74 Å². The van der Waals surface area contributed by atoms with Crippen molar-refractivity contribution in [1.29, 1.82) is 0 Å². The Morgan fingerprint density at radius 2 is 1.68 bits per heavy atom. The van der Waals surface area contributed by atoms with Crippen LogP contribution in [0.3, 0.4) is 0 Å². The fourth-order valence-corrected chi connectivity index (χ4v) is 3.93. The minimum atomic E-state index is -0.876. The maximum Gasteiger partial charge on any atom is 0.317 e. The van der Waals surface area contributed by atoms with Gasteiger partial charge in [-0.25, -0.2) is 4.39 Å². The maximum absolute atomic E-state index is 13.3. The monoisotopic (exact) mass is 383 g/mol. The molecular weight excluding hydrogens is 357 g/mol. The lowest BCUT2D eigenvalue weighted by molar-refractivity contribution is -0.163. The molecule has 3 rings (SSSR count). The molecule has 1 amide bonds. The van der Waals surface area contributed by atoms with E-state index in [1.54, 1.807) is 31.0 Å². The van der Waals surface area contributed by atoms with Gasteiger partial charge in [0.15, 0.2) is 6.10 Å². The molecule has 0 heterocycles. The molecule has 1 saturated carbocycles. The number of carbonyl (C=O) groups excluding carboxylic acids is 2. The van der Waals surface area contributed by atoms with Crippen LogP contribution in [0.15, 0.2) is 54.6 Å². The fraction of sp³-hybridized carbons (Fsp3) is 0.391. The minimum absolute atomic E-state index is 0.246. The summed E-state index contributed by atoms with van der Waals surface area (Å²) in [5, 5.41) is 0. The molecule has 2 aromatic carbocycles. The van der Waals surface area contributed by atoms with E-state index in [-0.39, 0.29) is 11.7 Å². The Hall–Kier alpha value is -2.69. The number of likely N-dealkylation sites (N-methyl/N-ethyl adjacent to an activating group) is 1. The van der Waals surface area contributed by atoms with E-state index in [2.05, 4.69) is 0 Å². The molecule has 0 N–H and O–H groups in total. The highest BCUT2D eigenvalue weighted by molar-refractivity contribution is 5.88. The predicted octanol–water partition coefficient (Wildman–Crippen LogP) is 4.23. The van der Waals surface area contributed by atoms with Crippen molar-refractivity contribution in [2.45, 2.75) is 50.7 Å². The van der Waals surface area contributed by atoms with Crippen LogP contribution in [-0.2, 0) is 26.3 Å². The number of ether oxygens (including phenoxy) is 1. The minimum Gasteiger partial charge on any atom is -0.452 e. The third-order valence-corrected chi connectivity index (χ3v) is 5.52. The lowest BCUT2D eigenvalue weighted by atomic mass is 9.79. The van der Waals surface area contributed by atoms with E-state index in [1.807, 2.05) is 30.3 Å². The summed E-state index contributed by atoms with van der Waals surface area (Å²) < 4.78 is 18.9. The number of nitrogens with zero attached hydrogens (tertiary/aromatic N) is 1. The SMILES string of the molecule is C[C@@H](OC(=O)C1(c2ccc(F)cc2)CCCC1)C(=O)N(C)Cc1ccccc1. The van der Waals surface area contributed by atoms with Crippen LogP contribution in [0.2, 0.25) is 0 Å². The zero-order valence-electron chi connectivity index (χ0n) is 16.4. The summed E-state index contributed by atoms with van der Waals surface area (Å²) in [6, 6.07) is 15.7. The first-order valence-corrected chi connectivity index (χ1v) is 9.68. The molecule has 148 valence electrons. The summed E-state index contributed by atoms with van der Waals surface area (Å²) in [6.45, 7) is 2.06. The third-order valence-electron chi connectivity index (χ3n) is 5.52. The quantitative estimate of drug-likeness (QED) is 0.702. The Morgan fingerprint density at radius 1 is 1.07 bits per heavy atom. The average molecular weight is 383 g/mol. The van der Waals surface area contributed by atoms with Crippen LogP contribution in [0.1, 0.15) is 43.7 Å². The van der Waals surface area contributed by atoms with Crippen molar-refractivity contribution in [2.24, 2.45) is 0 Å². The van der Waals surface area contributed by atoms with Crippen LogP contribution in [0.25, 0.3) is 0 Å². The predicted molar refractivity (Wildman–Crippen MR) is 105 cm³/mol. The lowest BCUT2D eigenvalue weighted by Crippen LogP contribution is -2.42. The molecule has 0 radical (unpaired) electrons. The zero-order chi connectivity index (χ0) is 20.1. The van der Waals surface area contributed by atoms with E-state index in [0.29, 0.717) is 19.4 Å². The van der Waals surface area contributed by atoms with Gasteiger partial charge in [-0.05, 0) is 43.0 Å². The molecule has 0 unspecified atom stereocenters. The zero-order valence-corrected chi connectivity index (χ0v) is 16.4. The number of hydrogen-bond donors (Lipinski definition) is 0. The van der Waals surface area contributed by atoms with Gasteiger partial charge in [0.05, 0.1) is 5.41 Å². The molecule has 1 fully saturated rings. The molecule has 0 bridgehead atoms. The van der Waals surface area contributed by atoms with E-state index in [1.165, 1.54) is 12.1 Å². The number of esters is 1. The molecule has 1 aliphatic rings. The van der Waals surface area contributed by atoms with Gasteiger partial charge in [0.25, 0.3) is 5.91 Å². The first-order chi connectivity index (χ1) is 13.4. The first-order valence-electron chi connectivity index (χ1n) is 9.68. The van der Waals surface area contributed by atoms with Crippen molar-refractivity contribution in [3.8, 4) is 0 Å². The van der Waals surface area contributed by atoms with Gasteiger partial charge < -0.3 is 9.64 Å². The van der Waals surface area contributed by atoms with E-state index in [9.17, 15) is 14.0 Å². The van der Waals surface area contributed by atoms with Crippen molar-refractivity contribution < 1.29 is 18.7 Å². The van der Waals surface area contributed by atoms with Crippen molar-refractivity contribution in [2.75, 3.05) is 7.05 Å². The second-order valence-electron chi connectivity index (χ2n) is 7.52. The standard InChI is InChI=1S/C23H26FNO3/c1-17(21(26)25(2)16-18-8-4-3-5-9-18)28-22(27)23(14-6-7-15-23)19-10-12-20(24)13-11-19/h3-5,8-13,17H,6-7,14-16H2,1-2H3/t17-/m1/s1. The van der Waals surface area contributed by atoms with Gasteiger partial charge in [-0.1, -0.05) is 55.3 Å². The van der Waals surface area contributed by atoms with E-state index < -0.39 is 17.5 Å². The Morgan fingerprint density at radius 3 is 2.29 bits per heavy atom. The number of halogens is 1. The van der Waals surface area contributed by atoms with Crippen molar-refractivity contribution in [3.05, 3.63) is 71.5 Å². The molecule has 0 saturated heterocycles. The molecule has 2 aromatic rings. The summed E-state index contributed by atoms with van der Waals surface area (Å²) >= 11 is 0. The van der Waals surface area contributed by atoms with E-state index >= 15 is 0 Å². The summed E-state index contributed by atoms with van der Waals surface area (Å²) in [6.07, 6.45) is 2.24. The Bertz CT molecular complexity index is 814. The first kappa shape index (κ1) is 20.1. The van der Waals surface area contributed by atoms with Gasteiger partial charge in [0, 0.05) is 13.6 Å². The normalized spacial score (nSPS) is 16.4. The topological polar surface area (TPSA) is 46.6 Å². The fourth-order valence-electron chi connectivity index (χ4n) is 3.93. The average Bonchev–Trinajstić information content (AvgIpc) is 3.20. The Labute approximate surface area is 165 Å². The summed E-state index contributed by atoms with van der Waals surface area (Å²) in [4.78, 5) is 27.3. The van der Waals surface area contributed by atoms with Crippen LogP contribution in [0, 0.1) is 5.82 Å². The van der Waals surface area contributed by atoms with Crippen molar-refractivity contribution >= 4 is 11.9 Å². The molecule has 0 aromatic heterocycles. The number of benzene rings is 2. The number of rotatable bonds is 6. The highest BCUT2D eigenvalue weighted by Gasteiger charge is 2.45. The second-order valence-corrected chi connectivity index (χ2v) is 7.52. The van der Waals surface area contributed by atoms with Crippen LogP contribution < -0.4 is 0 Å². The van der Waals surface area contributed by atoms with Gasteiger partial charge in [-0.15, -0.1) is 0 Å². The molecule has 1 atom stereocenters. The summed E-state index contributed by atoms with van der Waals surface area (Å²) in [5.74, 6) is -0.980. The summed E-state index contributed by atoms with van der Waals surface area (Å²) in [7, 11) is 1.70. The highest BCUT2D eigenvalue weighted by Crippen LogP contribution is 2.42. The largest absolute Gasteiger partial charge is 0.452 e. The molecule has 28 heavy (non-hydrogen) atoms. The molecular formula is C23H26FNO3. The van der Waals surface area contributed by atoms with Gasteiger partial charge in [-0.2, -0.15) is 0 Å². The number of hydrogen-bond acceptors (Lipinski definition) is 3. The molecule has 0 spiro atoms. The molecule has 4 nitrogen and oxygen atoms in total. The second kappa shape index (κ2) is 8.55. The molecule has 5 heteroatoms. The molecule has 1 aliphatic carbocycles. The van der Waals surface area contributed by atoms with Gasteiger partial charge >= 0.3 is 5.97 Å². The van der Waals surface area contributed by atoms with Crippen LogP contribution >= 0.6 is 0 Å². The number of amides is 1. The summed E-state index contributed by atoms with van der Waals surface area (Å²) in [5.41, 5.74) is 0.976.